The standard InChI is InChI=1S/C15H14ClNO3/c16-11-4-2-1-3-9(11)8-14-17-12-6-5-10(15(18)19)7-13(12)20-14/h1-4,10H,5-8H2,(H,18,19). The molecule has 1 aromatic carbocycles. The van der Waals surface area contributed by atoms with Gasteiger partial charge in [0.15, 0.2) is 5.89 Å². The van der Waals surface area contributed by atoms with Gasteiger partial charge in [0.05, 0.1) is 18.0 Å². The molecular formula is C15H14ClNO3. The predicted molar refractivity (Wildman–Crippen MR) is 73.9 cm³/mol. The molecule has 1 aliphatic carbocycles. The molecule has 1 unspecified atom stereocenters. The smallest absolute Gasteiger partial charge is 0.306 e. The second kappa shape index (κ2) is 5.29. The van der Waals surface area contributed by atoms with Gasteiger partial charge in [0.2, 0.25) is 0 Å². The summed E-state index contributed by atoms with van der Waals surface area (Å²) < 4.78 is 5.71. The molecule has 1 aromatic heterocycles. The van der Waals surface area contributed by atoms with E-state index in [1.807, 2.05) is 24.3 Å². The number of aromatic nitrogens is 1. The number of aliphatic carboxylic acids is 1. The summed E-state index contributed by atoms with van der Waals surface area (Å²) in [6.07, 6.45) is 2.25. The zero-order valence-corrected chi connectivity index (χ0v) is 11.6. The normalized spacial score (nSPS) is 17.8. The third-order valence-electron chi connectivity index (χ3n) is 3.63. The number of fused-ring (bicyclic) bond motifs is 1. The van der Waals surface area contributed by atoms with Gasteiger partial charge < -0.3 is 9.52 Å². The molecule has 2 aromatic rings. The lowest BCUT2D eigenvalue weighted by atomic mass is 9.91. The summed E-state index contributed by atoms with van der Waals surface area (Å²) in [5, 5.41) is 9.75. The monoisotopic (exact) mass is 291 g/mol. The van der Waals surface area contributed by atoms with Crippen LogP contribution in [0.2, 0.25) is 5.02 Å². The summed E-state index contributed by atoms with van der Waals surface area (Å²) >= 11 is 6.12. The molecule has 0 aliphatic heterocycles. The zero-order valence-electron chi connectivity index (χ0n) is 10.8. The van der Waals surface area contributed by atoms with Gasteiger partial charge in [-0.05, 0) is 24.5 Å². The van der Waals surface area contributed by atoms with Gasteiger partial charge >= 0.3 is 5.97 Å². The van der Waals surface area contributed by atoms with Crippen LogP contribution in [0.1, 0.15) is 29.3 Å². The maximum Gasteiger partial charge on any atom is 0.306 e. The maximum absolute atomic E-state index is 11.0. The quantitative estimate of drug-likeness (QED) is 0.944. The van der Waals surface area contributed by atoms with Crippen molar-refractivity contribution in [3.8, 4) is 0 Å². The van der Waals surface area contributed by atoms with Crippen LogP contribution in [0, 0.1) is 5.92 Å². The molecule has 4 nitrogen and oxygen atoms in total. The number of carbonyl (C=O) groups is 1. The third-order valence-corrected chi connectivity index (χ3v) is 4.00. The summed E-state index contributed by atoms with van der Waals surface area (Å²) in [6.45, 7) is 0. The molecule has 0 fully saturated rings. The minimum absolute atomic E-state index is 0.358. The average Bonchev–Trinajstić information content (AvgIpc) is 2.82. The highest BCUT2D eigenvalue weighted by molar-refractivity contribution is 6.31. The van der Waals surface area contributed by atoms with Gasteiger partial charge in [-0.25, -0.2) is 4.98 Å². The van der Waals surface area contributed by atoms with Crippen LogP contribution in [0.4, 0.5) is 0 Å². The fraction of sp³-hybridized carbons (Fsp3) is 0.333. The maximum atomic E-state index is 11.0. The number of hydrogen-bond donors (Lipinski definition) is 1. The Hall–Kier alpha value is -1.81. The van der Waals surface area contributed by atoms with E-state index >= 15 is 0 Å². The minimum atomic E-state index is -0.764. The van der Waals surface area contributed by atoms with E-state index in [0.717, 1.165) is 11.3 Å². The molecule has 104 valence electrons. The average molecular weight is 292 g/mol. The summed E-state index contributed by atoms with van der Waals surface area (Å²) in [4.78, 5) is 15.5. The molecule has 0 radical (unpaired) electrons. The van der Waals surface area contributed by atoms with Crippen LogP contribution < -0.4 is 0 Å². The Morgan fingerprint density at radius 2 is 2.25 bits per heavy atom. The van der Waals surface area contributed by atoms with Crippen molar-refractivity contribution >= 4 is 17.6 Å². The highest BCUT2D eigenvalue weighted by Crippen LogP contribution is 2.28. The molecule has 1 aliphatic rings. The van der Waals surface area contributed by atoms with Crippen molar-refractivity contribution < 1.29 is 14.3 Å². The van der Waals surface area contributed by atoms with Crippen LogP contribution in [0.3, 0.4) is 0 Å². The minimum Gasteiger partial charge on any atom is -0.481 e. The van der Waals surface area contributed by atoms with Crippen molar-refractivity contribution in [1.82, 2.24) is 4.98 Å². The largest absolute Gasteiger partial charge is 0.481 e. The van der Waals surface area contributed by atoms with Crippen molar-refractivity contribution in [2.45, 2.75) is 25.7 Å². The number of rotatable bonds is 3. The van der Waals surface area contributed by atoms with Crippen molar-refractivity contribution in [2.24, 2.45) is 5.92 Å². The van der Waals surface area contributed by atoms with Crippen molar-refractivity contribution in [1.29, 1.82) is 0 Å². The van der Waals surface area contributed by atoms with E-state index in [9.17, 15) is 4.79 Å². The van der Waals surface area contributed by atoms with Crippen molar-refractivity contribution in [3.05, 3.63) is 52.2 Å². The van der Waals surface area contributed by atoms with Gasteiger partial charge in [-0.15, -0.1) is 0 Å². The van der Waals surface area contributed by atoms with E-state index in [-0.39, 0.29) is 5.92 Å². The van der Waals surface area contributed by atoms with Crippen molar-refractivity contribution in [2.75, 3.05) is 0 Å². The van der Waals surface area contributed by atoms with Gasteiger partial charge in [-0.1, -0.05) is 29.8 Å². The molecule has 1 heterocycles. The molecule has 20 heavy (non-hydrogen) atoms. The number of carboxylic acids is 1. The molecule has 0 spiro atoms. The van der Waals surface area contributed by atoms with Crippen LogP contribution in [0.15, 0.2) is 28.7 Å². The van der Waals surface area contributed by atoms with Gasteiger partial charge in [0, 0.05) is 11.4 Å². The predicted octanol–water partition coefficient (Wildman–Crippen LogP) is 3.11. The van der Waals surface area contributed by atoms with Crippen LogP contribution in [-0.4, -0.2) is 16.1 Å². The first kappa shape index (κ1) is 13.2. The topological polar surface area (TPSA) is 63.3 Å². The van der Waals surface area contributed by atoms with Gasteiger partial charge in [-0.2, -0.15) is 0 Å². The highest BCUT2D eigenvalue weighted by atomic mass is 35.5. The molecule has 1 atom stereocenters. The lowest BCUT2D eigenvalue weighted by Gasteiger charge is -2.15. The van der Waals surface area contributed by atoms with Crippen molar-refractivity contribution in [3.63, 3.8) is 0 Å². The number of benzene rings is 1. The van der Waals surface area contributed by atoms with Crippen LogP contribution in [0.25, 0.3) is 0 Å². The lowest BCUT2D eigenvalue weighted by molar-refractivity contribution is -0.142. The Morgan fingerprint density at radius 3 is 3.00 bits per heavy atom. The van der Waals surface area contributed by atoms with Gasteiger partial charge in [0.25, 0.3) is 0 Å². The first-order chi connectivity index (χ1) is 9.63. The number of hydrogen-bond acceptors (Lipinski definition) is 3. The molecule has 0 saturated heterocycles. The van der Waals surface area contributed by atoms with Gasteiger partial charge in [0.1, 0.15) is 5.76 Å². The molecule has 0 saturated carbocycles. The number of carboxylic acid groups (broad SMARTS) is 1. The Balaban J connectivity index is 1.81. The molecular weight excluding hydrogens is 278 g/mol. The first-order valence-corrected chi connectivity index (χ1v) is 6.95. The third kappa shape index (κ3) is 2.56. The lowest BCUT2D eigenvalue weighted by Crippen LogP contribution is -2.21. The Kier molecular flexibility index (Phi) is 3.49. The van der Waals surface area contributed by atoms with E-state index in [2.05, 4.69) is 4.98 Å². The van der Waals surface area contributed by atoms with E-state index < -0.39 is 5.97 Å². The van der Waals surface area contributed by atoms with E-state index in [4.69, 9.17) is 21.1 Å². The number of oxazole rings is 1. The molecule has 1 N–H and O–H groups in total. The zero-order chi connectivity index (χ0) is 14.1. The van der Waals surface area contributed by atoms with Crippen LogP contribution in [-0.2, 0) is 24.1 Å². The first-order valence-electron chi connectivity index (χ1n) is 6.57. The second-order valence-electron chi connectivity index (χ2n) is 5.02. The molecule has 0 amide bonds. The Bertz CT molecular complexity index is 650. The second-order valence-corrected chi connectivity index (χ2v) is 5.43. The highest BCUT2D eigenvalue weighted by Gasteiger charge is 2.28. The summed E-state index contributed by atoms with van der Waals surface area (Å²) in [7, 11) is 0. The molecule has 3 rings (SSSR count). The Morgan fingerprint density at radius 1 is 1.45 bits per heavy atom. The summed E-state index contributed by atoms with van der Waals surface area (Å²) in [6, 6.07) is 7.57. The van der Waals surface area contributed by atoms with E-state index in [1.165, 1.54) is 0 Å². The van der Waals surface area contributed by atoms with Crippen LogP contribution in [0.5, 0.6) is 0 Å². The molecule has 0 bridgehead atoms. The SMILES string of the molecule is O=C(O)C1CCc2nc(Cc3ccccc3Cl)oc2C1. The summed E-state index contributed by atoms with van der Waals surface area (Å²) in [5.74, 6) is 0.197. The fourth-order valence-electron chi connectivity index (χ4n) is 2.52. The van der Waals surface area contributed by atoms with E-state index in [0.29, 0.717) is 42.4 Å². The van der Waals surface area contributed by atoms with Crippen LogP contribution >= 0.6 is 11.6 Å². The van der Waals surface area contributed by atoms with E-state index in [1.54, 1.807) is 0 Å². The number of aryl methyl sites for hydroxylation is 1. The molecule has 5 heteroatoms. The van der Waals surface area contributed by atoms with Gasteiger partial charge in [-0.3, -0.25) is 4.79 Å². The Labute approximate surface area is 121 Å². The number of halogens is 1. The number of nitrogens with zero attached hydrogens (tertiary/aromatic N) is 1. The fourth-order valence-corrected chi connectivity index (χ4v) is 2.72. The summed E-state index contributed by atoms with van der Waals surface area (Å²) in [5.41, 5.74) is 1.85.